The van der Waals surface area contributed by atoms with Gasteiger partial charge in [-0.05, 0) is 48.6 Å². The van der Waals surface area contributed by atoms with E-state index >= 15 is 0 Å². The van der Waals surface area contributed by atoms with Crippen LogP contribution in [0.3, 0.4) is 0 Å². The number of nitrogens with one attached hydrogen (secondary N) is 1. The van der Waals surface area contributed by atoms with Gasteiger partial charge >= 0.3 is 5.63 Å². The Morgan fingerprint density at radius 2 is 2.00 bits per heavy atom. The van der Waals surface area contributed by atoms with E-state index in [4.69, 9.17) is 20.8 Å². The first kappa shape index (κ1) is 17.7. The van der Waals surface area contributed by atoms with Crippen molar-refractivity contribution in [2.45, 2.75) is 32.2 Å². The van der Waals surface area contributed by atoms with E-state index in [1.165, 1.54) is 11.0 Å². The minimum Gasteiger partial charge on any atom is -0.443 e. The lowest BCUT2D eigenvalue weighted by Gasteiger charge is -2.27. The molecule has 2 heterocycles. The SMILES string of the molecule is O=c1oc2c3c(c(Cl)cc2c2c1CCC2)OC[NH+](CCc1cccc(F)c1)C3. The molecule has 0 amide bonds. The maximum absolute atomic E-state index is 13.4. The summed E-state index contributed by atoms with van der Waals surface area (Å²) in [5.74, 6) is 0.394. The highest BCUT2D eigenvalue weighted by molar-refractivity contribution is 6.33. The highest BCUT2D eigenvalue weighted by Gasteiger charge is 2.29. The number of benzene rings is 2. The predicted octanol–water partition coefficient (Wildman–Crippen LogP) is 3.05. The Balaban J connectivity index is 1.49. The van der Waals surface area contributed by atoms with Gasteiger partial charge in [0.05, 0.1) is 17.1 Å². The van der Waals surface area contributed by atoms with Crippen molar-refractivity contribution in [2.24, 2.45) is 0 Å². The summed E-state index contributed by atoms with van der Waals surface area (Å²) in [5, 5.41) is 1.50. The van der Waals surface area contributed by atoms with Crippen LogP contribution in [0.25, 0.3) is 11.0 Å². The number of quaternary nitrogens is 1. The number of aryl methyl sites for hydroxylation is 1. The fourth-order valence-corrected chi connectivity index (χ4v) is 4.67. The van der Waals surface area contributed by atoms with Crippen molar-refractivity contribution in [3.8, 4) is 5.75 Å². The lowest BCUT2D eigenvalue weighted by atomic mass is 10.0. The molecule has 2 aromatic carbocycles. The Morgan fingerprint density at radius 1 is 1.14 bits per heavy atom. The van der Waals surface area contributed by atoms with Gasteiger partial charge in [-0.15, -0.1) is 0 Å². The molecule has 1 unspecified atom stereocenters. The first-order chi connectivity index (χ1) is 13.6. The Morgan fingerprint density at radius 3 is 2.86 bits per heavy atom. The van der Waals surface area contributed by atoms with Gasteiger partial charge in [-0.2, -0.15) is 0 Å². The van der Waals surface area contributed by atoms with Crippen molar-refractivity contribution in [1.82, 2.24) is 0 Å². The molecule has 0 radical (unpaired) electrons. The standard InChI is InChI=1S/C22H19ClFNO3/c23-19-10-17-15-5-2-6-16(15)22(26)28-20(17)18-11-25(12-27-21(18)19)8-7-13-3-1-4-14(24)9-13/h1,3-4,9-10H,2,5-8,11-12H2/p+1. The number of ether oxygens (including phenoxy) is 1. The van der Waals surface area contributed by atoms with Gasteiger partial charge < -0.3 is 9.15 Å². The van der Waals surface area contributed by atoms with E-state index in [0.29, 0.717) is 29.6 Å². The topological polar surface area (TPSA) is 43.9 Å². The van der Waals surface area contributed by atoms with E-state index in [-0.39, 0.29) is 11.4 Å². The quantitative estimate of drug-likeness (QED) is 0.687. The summed E-state index contributed by atoms with van der Waals surface area (Å²) in [4.78, 5) is 13.6. The smallest absolute Gasteiger partial charge is 0.339 e. The molecule has 0 spiro atoms. The zero-order valence-corrected chi connectivity index (χ0v) is 16.1. The average molecular weight is 401 g/mol. The van der Waals surface area contributed by atoms with Gasteiger partial charge in [-0.3, -0.25) is 4.90 Å². The molecule has 1 aliphatic carbocycles. The van der Waals surface area contributed by atoms with Crippen molar-refractivity contribution in [2.75, 3.05) is 13.3 Å². The molecule has 3 aromatic rings. The number of hydrogen-bond acceptors (Lipinski definition) is 3. The van der Waals surface area contributed by atoms with E-state index in [1.54, 1.807) is 12.1 Å². The minimum absolute atomic E-state index is 0.221. The number of halogens is 2. The molecule has 0 fully saturated rings. The van der Waals surface area contributed by atoms with Crippen LogP contribution in [0.15, 0.2) is 39.5 Å². The molecule has 144 valence electrons. The van der Waals surface area contributed by atoms with E-state index in [0.717, 1.165) is 59.9 Å². The van der Waals surface area contributed by atoms with Crippen molar-refractivity contribution in [3.63, 3.8) is 0 Å². The second-order valence-corrected chi connectivity index (χ2v) is 8.00. The summed E-state index contributed by atoms with van der Waals surface area (Å²) in [5.41, 5.74) is 4.04. The van der Waals surface area contributed by atoms with Gasteiger partial charge in [0, 0.05) is 17.4 Å². The van der Waals surface area contributed by atoms with Crippen LogP contribution in [0, 0.1) is 5.82 Å². The van der Waals surface area contributed by atoms with Crippen molar-refractivity contribution in [3.05, 3.63) is 73.8 Å². The summed E-state index contributed by atoms with van der Waals surface area (Å²) < 4.78 is 25.1. The van der Waals surface area contributed by atoms with E-state index in [9.17, 15) is 9.18 Å². The molecule has 1 aromatic heterocycles. The number of hydrogen-bond donors (Lipinski definition) is 1. The van der Waals surface area contributed by atoms with Gasteiger partial charge in [0.2, 0.25) is 6.73 Å². The largest absolute Gasteiger partial charge is 0.443 e. The molecule has 2 aliphatic rings. The maximum Gasteiger partial charge on any atom is 0.339 e. The van der Waals surface area contributed by atoms with Crippen LogP contribution in [0.4, 0.5) is 4.39 Å². The molecule has 1 atom stereocenters. The molecule has 28 heavy (non-hydrogen) atoms. The second kappa shape index (κ2) is 6.90. The maximum atomic E-state index is 13.4. The normalized spacial score (nSPS) is 18.0. The minimum atomic E-state index is -0.239. The zero-order valence-electron chi connectivity index (χ0n) is 15.3. The van der Waals surface area contributed by atoms with Gasteiger partial charge in [-0.1, -0.05) is 23.7 Å². The second-order valence-electron chi connectivity index (χ2n) is 7.59. The molecule has 1 aliphatic heterocycles. The van der Waals surface area contributed by atoms with Crippen molar-refractivity contribution >= 4 is 22.6 Å². The van der Waals surface area contributed by atoms with Crippen LogP contribution < -0.4 is 15.3 Å². The van der Waals surface area contributed by atoms with Crippen LogP contribution in [0.1, 0.15) is 28.7 Å². The monoisotopic (exact) mass is 400 g/mol. The van der Waals surface area contributed by atoms with Crippen LogP contribution in [0.5, 0.6) is 5.75 Å². The van der Waals surface area contributed by atoms with Crippen LogP contribution >= 0.6 is 11.6 Å². The van der Waals surface area contributed by atoms with Gasteiger partial charge in [0.25, 0.3) is 0 Å². The van der Waals surface area contributed by atoms with Gasteiger partial charge in [0.15, 0.2) is 11.3 Å². The first-order valence-corrected chi connectivity index (χ1v) is 9.98. The summed E-state index contributed by atoms with van der Waals surface area (Å²) in [6.45, 7) is 1.91. The molecular formula is C22H20ClFNO3+. The third-order valence-electron chi connectivity index (χ3n) is 5.77. The molecule has 4 nitrogen and oxygen atoms in total. The molecule has 0 bridgehead atoms. The fourth-order valence-electron chi connectivity index (χ4n) is 4.39. The highest BCUT2D eigenvalue weighted by Crippen LogP contribution is 2.39. The van der Waals surface area contributed by atoms with Crippen LogP contribution in [-0.4, -0.2) is 13.3 Å². The van der Waals surface area contributed by atoms with E-state index in [1.807, 2.05) is 12.1 Å². The third-order valence-corrected chi connectivity index (χ3v) is 6.05. The fraction of sp³-hybridized carbons (Fsp3) is 0.318. The Kier molecular flexibility index (Phi) is 4.37. The predicted molar refractivity (Wildman–Crippen MR) is 105 cm³/mol. The zero-order chi connectivity index (χ0) is 19.3. The van der Waals surface area contributed by atoms with Crippen LogP contribution in [-0.2, 0) is 25.8 Å². The number of fused-ring (bicyclic) bond motifs is 5. The number of rotatable bonds is 3. The summed E-state index contributed by atoms with van der Waals surface area (Å²) in [6.07, 6.45) is 3.35. The van der Waals surface area contributed by atoms with Crippen molar-refractivity contribution < 1.29 is 18.4 Å². The lowest BCUT2D eigenvalue weighted by molar-refractivity contribution is -0.932. The highest BCUT2D eigenvalue weighted by atomic mass is 35.5. The molecular weight excluding hydrogens is 381 g/mol. The van der Waals surface area contributed by atoms with E-state index in [2.05, 4.69) is 0 Å². The van der Waals surface area contributed by atoms with E-state index < -0.39 is 0 Å². The summed E-state index contributed by atoms with van der Waals surface area (Å²) >= 11 is 6.51. The average Bonchev–Trinajstić information content (AvgIpc) is 3.18. The molecule has 0 saturated carbocycles. The molecule has 6 heteroatoms. The summed E-state index contributed by atoms with van der Waals surface area (Å²) in [6, 6.07) is 8.54. The Bertz CT molecular complexity index is 1140. The Labute approximate surface area is 166 Å². The Hall–Kier alpha value is -2.37. The molecule has 5 rings (SSSR count). The molecule has 1 N–H and O–H groups in total. The van der Waals surface area contributed by atoms with Gasteiger partial charge in [0.1, 0.15) is 12.4 Å². The molecule has 0 saturated heterocycles. The third kappa shape index (κ3) is 2.99. The van der Waals surface area contributed by atoms with Crippen molar-refractivity contribution in [1.29, 1.82) is 0 Å². The summed E-state index contributed by atoms with van der Waals surface area (Å²) in [7, 11) is 0. The van der Waals surface area contributed by atoms with Crippen LogP contribution in [0.2, 0.25) is 5.02 Å². The lowest BCUT2D eigenvalue weighted by Crippen LogP contribution is -3.12. The van der Waals surface area contributed by atoms with Gasteiger partial charge in [-0.25, -0.2) is 9.18 Å². The first-order valence-electron chi connectivity index (χ1n) is 9.61.